The maximum absolute atomic E-state index is 12.4. The summed E-state index contributed by atoms with van der Waals surface area (Å²) in [5.41, 5.74) is 0.893. The van der Waals surface area contributed by atoms with E-state index in [4.69, 9.17) is 14.9 Å². The highest BCUT2D eigenvalue weighted by Gasteiger charge is 2.26. The van der Waals surface area contributed by atoms with Crippen molar-refractivity contribution in [2.24, 2.45) is 0 Å². The molecule has 0 fully saturated rings. The molecule has 2 rings (SSSR count). The topological polar surface area (TPSA) is 130 Å². The zero-order valence-corrected chi connectivity index (χ0v) is 12.4. The monoisotopic (exact) mass is 321 g/mol. The molecule has 0 aromatic carbocycles. The number of carbonyl (C=O) groups is 3. The maximum Gasteiger partial charge on any atom is 0.326 e. The molecule has 23 heavy (non-hydrogen) atoms. The summed E-state index contributed by atoms with van der Waals surface area (Å²) < 4.78 is 6.62. The summed E-state index contributed by atoms with van der Waals surface area (Å²) >= 11 is 0. The van der Waals surface area contributed by atoms with Gasteiger partial charge in [0.25, 0.3) is 5.91 Å². The predicted molar refractivity (Wildman–Crippen MR) is 77.6 cm³/mol. The van der Waals surface area contributed by atoms with Crippen LogP contribution < -0.4 is 10.1 Å². The van der Waals surface area contributed by atoms with E-state index in [1.807, 2.05) is 0 Å². The maximum atomic E-state index is 12.4. The minimum absolute atomic E-state index is 0.121. The SMILES string of the molecule is COc1cccn2c(C(=O)NC(CC(=O)O)C(=O)O)c(C)nc12. The molecule has 0 radical (unpaired) electrons. The van der Waals surface area contributed by atoms with Crippen molar-refractivity contribution in [1.29, 1.82) is 0 Å². The van der Waals surface area contributed by atoms with E-state index in [1.54, 1.807) is 25.3 Å². The van der Waals surface area contributed by atoms with Gasteiger partial charge in [-0.05, 0) is 19.1 Å². The first-order valence-electron chi connectivity index (χ1n) is 6.62. The zero-order valence-electron chi connectivity index (χ0n) is 12.4. The van der Waals surface area contributed by atoms with Gasteiger partial charge in [-0.15, -0.1) is 0 Å². The number of aromatic nitrogens is 2. The van der Waals surface area contributed by atoms with E-state index in [-0.39, 0.29) is 5.69 Å². The number of aliphatic carboxylic acids is 2. The van der Waals surface area contributed by atoms with Gasteiger partial charge in [-0.1, -0.05) is 0 Å². The molecule has 122 valence electrons. The highest BCUT2D eigenvalue weighted by molar-refractivity contribution is 5.97. The number of carboxylic acid groups (broad SMARTS) is 2. The van der Waals surface area contributed by atoms with Crippen LogP contribution in [0.5, 0.6) is 5.75 Å². The molecule has 1 amide bonds. The Morgan fingerprint density at radius 1 is 1.39 bits per heavy atom. The van der Waals surface area contributed by atoms with Gasteiger partial charge < -0.3 is 20.3 Å². The average molecular weight is 321 g/mol. The first kappa shape index (κ1) is 16.3. The predicted octanol–water partition coefficient (Wildman–Crippen LogP) is 0.309. The van der Waals surface area contributed by atoms with Gasteiger partial charge in [0.05, 0.1) is 19.2 Å². The highest BCUT2D eigenvalue weighted by atomic mass is 16.5. The van der Waals surface area contributed by atoms with Crippen molar-refractivity contribution in [3.05, 3.63) is 29.7 Å². The van der Waals surface area contributed by atoms with Crippen LogP contribution >= 0.6 is 0 Å². The van der Waals surface area contributed by atoms with Crippen molar-refractivity contribution in [3.8, 4) is 5.75 Å². The van der Waals surface area contributed by atoms with Crippen molar-refractivity contribution in [2.45, 2.75) is 19.4 Å². The summed E-state index contributed by atoms with van der Waals surface area (Å²) in [6.07, 6.45) is 0.861. The molecule has 2 aromatic rings. The number of hydrogen-bond donors (Lipinski definition) is 3. The molecule has 0 aliphatic rings. The van der Waals surface area contributed by atoms with Gasteiger partial charge in [0.15, 0.2) is 11.4 Å². The summed E-state index contributed by atoms with van der Waals surface area (Å²) in [7, 11) is 1.46. The molecule has 9 heteroatoms. The van der Waals surface area contributed by atoms with Crippen LogP contribution in [-0.4, -0.2) is 50.6 Å². The molecule has 0 spiro atoms. The van der Waals surface area contributed by atoms with Crippen molar-refractivity contribution in [2.75, 3.05) is 7.11 Å². The zero-order chi connectivity index (χ0) is 17.1. The average Bonchev–Trinajstić information content (AvgIpc) is 2.81. The number of nitrogens with one attached hydrogen (secondary N) is 1. The van der Waals surface area contributed by atoms with Crippen LogP contribution in [0.25, 0.3) is 5.65 Å². The minimum Gasteiger partial charge on any atom is -0.493 e. The standard InChI is InChI=1S/C14H15N3O6/c1-7-11(13(20)16-8(14(21)22)6-10(18)19)17-5-3-4-9(23-2)12(17)15-7/h3-5,8H,6H2,1-2H3,(H,16,20)(H,18,19)(H,21,22). The van der Waals surface area contributed by atoms with Crippen molar-refractivity contribution in [1.82, 2.24) is 14.7 Å². The van der Waals surface area contributed by atoms with Gasteiger partial charge in [-0.25, -0.2) is 9.78 Å². The molecular formula is C14H15N3O6. The molecule has 0 aliphatic heterocycles. The fraction of sp³-hybridized carbons (Fsp3) is 0.286. The van der Waals surface area contributed by atoms with Gasteiger partial charge in [0.2, 0.25) is 0 Å². The Labute approximate surface area is 130 Å². The van der Waals surface area contributed by atoms with Gasteiger partial charge in [-0.2, -0.15) is 0 Å². The third kappa shape index (κ3) is 3.23. The van der Waals surface area contributed by atoms with Crippen LogP contribution in [0.15, 0.2) is 18.3 Å². The molecule has 1 unspecified atom stereocenters. The summed E-state index contributed by atoms with van der Waals surface area (Å²) in [5, 5.41) is 19.9. The van der Waals surface area contributed by atoms with Crippen LogP contribution in [0, 0.1) is 6.92 Å². The van der Waals surface area contributed by atoms with E-state index in [1.165, 1.54) is 11.5 Å². The lowest BCUT2D eigenvalue weighted by molar-refractivity contribution is -0.145. The van der Waals surface area contributed by atoms with Crippen molar-refractivity contribution in [3.63, 3.8) is 0 Å². The molecule has 0 bridgehead atoms. The van der Waals surface area contributed by atoms with Gasteiger partial charge in [0, 0.05) is 6.20 Å². The van der Waals surface area contributed by atoms with Crippen LogP contribution in [0.4, 0.5) is 0 Å². The largest absolute Gasteiger partial charge is 0.493 e. The summed E-state index contributed by atoms with van der Waals surface area (Å²) in [4.78, 5) is 38.4. The van der Waals surface area contributed by atoms with Crippen molar-refractivity contribution < 1.29 is 29.3 Å². The van der Waals surface area contributed by atoms with Crippen LogP contribution in [0.1, 0.15) is 22.6 Å². The Morgan fingerprint density at radius 2 is 2.09 bits per heavy atom. The number of carbonyl (C=O) groups excluding carboxylic acids is 1. The number of ether oxygens (including phenoxy) is 1. The fourth-order valence-electron chi connectivity index (χ4n) is 2.19. The first-order chi connectivity index (χ1) is 10.8. The highest BCUT2D eigenvalue weighted by Crippen LogP contribution is 2.21. The number of carboxylic acids is 2. The minimum atomic E-state index is -1.53. The van der Waals surface area contributed by atoms with E-state index in [0.29, 0.717) is 17.1 Å². The van der Waals surface area contributed by atoms with Gasteiger partial charge >= 0.3 is 11.9 Å². The quantitative estimate of drug-likeness (QED) is 0.698. The number of imidazole rings is 1. The number of pyridine rings is 1. The molecule has 3 N–H and O–H groups in total. The van der Waals surface area contributed by atoms with E-state index in [9.17, 15) is 14.4 Å². The number of fused-ring (bicyclic) bond motifs is 1. The number of methoxy groups -OCH3 is 1. The molecule has 2 heterocycles. The summed E-state index contributed by atoms with van der Waals surface area (Å²) in [6.45, 7) is 1.59. The lowest BCUT2D eigenvalue weighted by atomic mass is 10.2. The van der Waals surface area contributed by atoms with E-state index < -0.39 is 30.3 Å². The molecule has 0 saturated carbocycles. The van der Waals surface area contributed by atoms with Gasteiger partial charge in [-0.3, -0.25) is 14.0 Å². The van der Waals surface area contributed by atoms with Crippen LogP contribution in [0.2, 0.25) is 0 Å². The van der Waals surface area contributed by atoms with Crippen LogP contribution in [0.3, 0.4) is 0 Å². The molecule has 2 aromatic heterocycles. The molecule has 0 aliphatic carbocycles. The van der Waals surface area contributed by atoms with E-state index in [2.05, 4.69) is 10.3 Å². The smallest absolute Gasteiger partial charge is 0.326 e. The Bertz CT molecular complexity index is 782. The molecule has 9 nitrogen and oxygen atoms in total. The van der Waals surface area contributed by atoms with E-state index >= 15 is 0 Å². The second-order valence-corrected chi connectivity index (χ2v) is 4.78. The Balaban J connectivity index is 2.39. The summed E-state index contributed by atoms with van der Waals surface area (Å²) in [6, 6.07) is 1.79. The van der Waals surface area contributed by atoms with Gasteiger partial charge in [0.1, 0.15) is 11.7 Å². The molecular weight excluding hydrogens is 306 g/mol. The Hall–Kier alpha value is -3.10. The second-order valence-electron chi connectivity index (χ2n) is 4.78. The number of hydrogen-bond acceptors (Lipinski definition) is 5. The summed E-state index contributed by atoms with van der Waals surface area (Å²) in [5.74, 6) is -3.02. The first-order valence-corrected chi connectivity index (χ1v) is 6.62. The lowest BCUT2D eigenvalue weighted by Gasteiger charge is -2.12. The Kier molecular flexibility index (Phi) is 4.49. The molecule has 1 atom stereocenters. The third-order valence-electron chi connectivity index (χ3n) is 3.21. The number of amides is 1. The lowest BCUT2D eigenvalue weighted by Crippen LogP contribution is -2.42. The van der Waals surface area contributed by atoms with Crippen LogP contribution in [-0.2, 0) is 9.59 Å². The third-order valence-corrected chi connectivity index (χ3v) is 3.21. The number of nitrogens with zero attached hydrogens (tertiary/aromatic N) is 2. The second kappa shape index (κ2) is 6.34. The Morgan fingerprint density at radius 3 is 2.65 bits per heavy atom. The normalized spacial score (nSPS) is 11.9. The van der Waals surface area contributed by atoms with E-state index in [0.717, 1.165) is 0 Å². The van der Waals surface area contributed by atoms with Crippen molar-refractivity contribution >= 4 is 23.5 Å². The fourth-order valence-corrected chi connectivity index (χ4v) is 2.19. The molecule has 0 saturated heterocycles. The number of aryl methyl sites for hydroxylation is 1. The number of rotatable bonds is 6.